The zero-order valence-electron chi connectivity index (χ0n) is 13.0. The second-order valence-corrected chi connectivity index (χ2v) is 6.02. The van der Waals surface area contributed by atoms with Crippen molar-refractivity contribution in [1.29, 1.82) is 0 Å². The Morgan fingerprint density at radius 2 is 1.80 bits per heavy atom. The Morgan fingerprint density at radius 1 is 1.04 bits per heavy atom. The summed E-state index contributed by atoms with van der Waals surface area (Å²) in [6.45, 7) is 0.274. The smallest absolute Gasteiger partial charge is 0.312 e. The lowest BCUT2D eigenvalue weighted by Crippen LogP contribution is -2.27. The minimum absolute atomic E-state index is 0.187. The molecule has 25 heavy (non-hydrogen) atoms. The van der Waals surface area contributed by atoms with Crippen LogP contribution < -0.4 is 10.2 Å². The summed E-state index contributed by atoms with van der Waals surface area (Å²) in [7, 11) is 0. The SMILES string of the molecule is O=C1CC(C2=Nc3ccccc3[N]2)CN1c1cccc(C(F)(F)F)c1. The zero-order valence-corrected chi connectivity index (χ0v) is 13.0. The minimum atomic E-state index is -4.44. The predicted molar refractivity (Wildman–Crippen MR) is 87.2 cm³/mol. The van der Waals surface area contributed by atoms with E-state index in [1.54, 1.807) is 0 Å². The van der Waals surface area contributed by atoms with Crippen molar-refractivity contribution in [3.05, 3.63) is 54.1 Å². The molecule has 0 aromatic heterocycles. The van der Waals surface area contributed by atoms with Gasteiger partial charge < -0.3 is 4.90 Å². The molecular formula is C18H13F3N3O. The fourth-order valence-electron chi connectivity index (χ4n) is 3.09. The molecule has 2 aromatic rings. The molecule has 1 saturated heterocycles. The van der Waals surface area contributed by atoms with Crippen molar-refractivity contribution < 1.29 is 18.0 Å². The summed E-state index contributed by atoms with van der Waals surface area (Å²) < 4.78 is 38.7. The lowest BCUT2D eigenvalue weighted by molar-refractivity contribution is -0.137. The molecule has 7 heteroatoms. The molecule has 1 radical (unpaired) electrons. The number of aliphatic imine (C=N–C) groups is 1. The van der Waals surface area contributed by atoms with Gasteiger partial charge in [-0.2, -0.15) is 13.2 Å². The number of benzene rings is 2. The van der Waals surface area contributed by atoms with Crippen LogP contribution in [-0.2, 0) is 11.0 Å². The molecule has 0 aliphatic carbocycles. The number of nitrogens with zero attached hydrogens (tertiary/aromatic N) is 3. The van der Waals surface area contributed by atoms with Crippen molar-refractivity contribution in [2.24, 2.45) is 10.9 Å². The fraction of sp³-hybridized carbons (Fsp3) is 0.222. The highest BCUT2D eigenvalue weighted by atomic mass is 19.4. The molecule has 2 aliphatic rings. The van der Waals surface area contributed by atoms with Gasteiger partial charge in [-0.25, -0.2) is 10.3 Å². The molecule has 2 heterocycles. The van der Waals surface area contributed by atoms with Crippen LogP contribution in [0.5, 0.6) is 0 Å². The maximum atomic E-state index is 12.9. The number of rotatable bonds is 2. The maximum absolute atomic E-state index is 12.9. The van der Waals surface area contributed by atoms with Crippen LogP contribution in [0.3, 0.4) is 0 Å². The second kappa shape index (κ2) is 5.61. The number of halogens is 3. The second-order valence-electron chi connectivity index (χ2n) is 6.02. The molecule has 0 N–H and O–H groups in total. The first kappa shape index (κ1) is 15.7. The Hall–Kier alpha value is -2.83. The molecule has 1 fully saturated rings. The van der Waals surface area contributed by atoms with E-state index in [0.717, 1.165) is 23.5 Å². The van der Waals surface area contributed by atoms with E-state index in [2.05, 4.69) is 10.3 Å². The Kier molecular flexibility index (Phi) is 3.52. The van der Waals surface area contributed by atoms with E-state index in [-0.39, 0.29) is 30.5 Å². The van der Waals surface area contributed by atoms with E-state index in [0.29, 0.717) is 5.84 Å². The molecular weight excluding hydrogens is 331 g/mol. The molecule has 1 unspecified atom stereocenters. The third-order valence-electron chi connectivity index (χ3n) is 4.33. The Labute approximate surface area is 142 Å². The lowest BCUT2D eigenvalue weighted by atomic mass is 10.1. The van der Waals surface area contributed by atoms with E-state index in [1.807, 2.05) is 24.3 Å². The molecule has 2 aromatic carbocycles. The number of amidine groups is 1. The summed E-state index contributed by atoms with van der Waals surface area (Å²) >= 11 is 0. The number of fused-ring (bicyclic) bond motifs is 1. The van der Waals surface area contributed by atoms with Gasteiger partial charge in [-0.15, -0.1) is 0 Å². The van der Waals surface area contributed by atoms with Gasteiger partial charge in [0.2, 0.25) is 5.91 Å². The standard InChI is InChI=1S/C18H13F3N3O/c19-18(20,21)12-4-3-5-13(9-12)24-10-11(8-16(24)25)17-22-14-6-1-2-7-15(14)23-17/h1-7,9,11H,8,10H2. The van der Waals surface area contributed by atoms with Crippen LogP contribution in [0.1, 0.15) is 12.0 Å². The summed E-state index contributed by atoms with van der Waals surface area (Å²) in [5.41, 5.74) is 0.986. The number of hydrogen-bond acceptors (Lipinski definition) is 2. The number of amides is 1. The van der Waals surface area contributed by atoms with E-state index >= 15 is 0 Å². The Morgan fingerprint density at radius 3 is 2.52 bits per heavy atom. The Bertz CT molecular complexity index is 876. The van der Waals surface area contributed by atoms with E-state index < -0.39 is 11.7 Å². The highest BCUT2D eigenvalue weighted by Gasteiger charge is 2.37. The number of alkyl halides is 3. The average molecular weight is 344 g/mol. The summed E-state index contributed by atoms with van der Waals surface area (Å²) in [5, 5.41) is 4.44. The average Bonchev–Trinajstić information content (AvgIpc) is 3.17. The van der Waals surface area contributed by atoms with Crippen molar-refractivity contribution in [2.75, 3.05) is 11.4 Å². The minimum Gasteiger partial charge on any atom is -0.312 e. The number of hydrogen-bond donors (Lipinski definition) is 0. The highest BCUT2D eigenvalue weighted by Crippen LogP contribution is 2.36. The predicted octanol–water partition coefficient (Wildman–Crippen LogP) is 4.04. The van der Waals surface area contributed by atoms with E-state index in [1.165, 1.54) is 17.0 Å². The summed E-state index contributed by atoms with van der Waals surface area (Å²) in [6.07, 6.45) is -4.25. The van der Waals surface area contributed by atoms with Crippen molar-refractivity contribution in [3.8, 4) is 0 Å². The first-order valence-corrected chi connectivity index (χ1v) is 7.79. The van der Waals surface area contributed by atoms with E-state index in [4.69, 9.17) is 0 Å². The van der Waals surface area contributed by atoms with Crippen molar-refractivity contribution in [2.45, 2.75) is 12.6 Å². The number of para-hydroxylation sites is 2. The summed E-state index contributed by atoms with van der Waals surface area (Å²) in [5.74, 6) is 0.108. The van der Waals surface area contributed by atoms with Gasteiger partial charge in [0.25, 0.3) is 0 Å². The molecule has 0 saturated carbocycles. The molecule has 127 valence electrons. The fourth-order valence-corrected chi connectivity index (χ4v) is 3.09. The zero-order chi connectivity index (χ0) is 17.6. The van der Waals surface area contributed by atoms with Gasteiger partial charge in [-0.05, 0) is 30.3 Å². The van der Waals surface area contributed by atoms with Crippen molar-refractivity contribution in [3.63, 3.8) is 0 Å². The molecule has 4 nitrogen and oxygen atoms in total. The third kappa shape index (κ3) is 2.86. The quantitative estimate of drug-likeness (QED) is 0.811. The van der Waals surface area contributed by atoms with Gasteiger partial charge in [-0.3, -0.25) is 4.79 Å². The highest BCUT2D eigenvalue weighted by molar-refractivity contribution is 6.05. The monoisotopic (exact) mass is 344 g/mol. The molecule has 1 atom stereocenters. The molecule has 0 bridgehead atoms. The molecule has 4 rings (SSSR count). The van der Waals surface area contributed by atoms with Crippen molar-refractivity contribution >= 4 is 28.8 Å². The molecule has 0 spiro atoms. The number of carbonyl (C=O) groups excluding carboxylic acids is 1. The first-order chi connectivity index (χ1) is 11.9. The summed E-state index contributed by atoms with van der Waals surface area (Å²) in [4.78, 5) is 18.1. The van der Waals surface area contributed by atoms with Gasteiger partial charge in [-0.1, -0.05) is 18.2 Å². The van der Waals surface area contributed by atoms with Gasteiger partial charge in [0, 0.05) is 24.6 Å². The van der Waals surface area contributed by atoms with Gasteiger partial charge >= 0.3 is 6.18 Å². The number of anilines is 1. The Balaban J connectivity index is 1.56. The first-order valence-electron chi connectivity index (χ1n) is 7.79. The van der Waals surface area contributed by atoms with Gasteiger partial charge in [0.15, 0.2) is 0 Å². The third-order valence-corrected chi connectivity index (χ3v) is 4.33. The van der Waals surface area contributed by atoms with E-state index in [9.17, 15) is 18.0 Å². The van der Waals surface area contributed by atoms with Crippen molar-refractivity contribution in [1.82, 2.24) is 5.32 Å². The normalized spacial score (nSPS) is 19.6. The van der Waals surface area contributed by atoms with Gasteiger partial charge in [0.1, 0.15) is 5.84 Å². The van der Waals surface area contributed by atoms with Crippen LogP contribution in [0, 0.1) is 5.92 Å². The van der Waals surface area contributed by atoms with Gasteiger partial charge in [0.05, 0.1) is 16.9 Å². The van der Waals surface area contributed by atoms with Crippen LogP contribution in [0.15, 0.2) is 53.5 Å². The lowest BCUT2D eigenvalue weighted by Gasteiger charge is -2.18. The topological polar surface area (TPSA) is 46.8 Å². The number of carbonyl (C=O) groups is 1. The van der Waals surface area contributed by atoms with Crippen LogP contribution in [-0.4, -0.2) is 18.3 Å². The molecule has 2 aliphatic heterocycles. The van der Waals surface area contributed by atoms with Crippen LogP contribution in [0.25, 0.3) is 0 Å². The molecule has 1 amide bonds. The summed E-state index contributed by atoms with van der Waals surface area (Å²) in [6, 6.07) is 12.2. The largest absolute Gasteiger partial charge is 0.416 e. The van der Waals surface area contributed by atoms with Crippen LogP contribution >= 0.6 is 0 Å². The maximum Gasteiger partial charge on any atom is 0.416 e. The van der Waals surface area contributed by atoms with Crippen LogP contribution in [0.2, 0.25) is 0 Å². The van der Waals surface area contributed by atoms with Crippen LogP contribution in [0.4, 0.5) is 30.2 Å².